The number of hydrogen-bond acceptors (Lipinski definition) is 3. The summed E-state index contributed by atoms with van der Waals surface area (Å²) in [6.45, 7) is 9.35. The second-order valence-corrected chi connectivity index (χ2v) is 10.0. The van der Waals surface area contributed by atoms with Crippen LogP contribution in [0.15, 0.2) is 48.8 Å². The first-order chi connectivity index (χ1) is 14.8. The lowest BCUT2D eigenvalue weighted by molar-refractivity contribution is -0.132. The van der Waals surface area contributed by atoms with Gasteiger partial charge in [-0.2, -0.15) is 0 Å². The van der Waals surface area contributed by atoms with Crippen molar-refractivity contribution >= 4 is 17.6 Å². The Morgan fingerprint density at radius 2 is 1.71 bits per heavy atom. The number of nitrogens with one attached hydrogen (secondary N) is 1. The molecule has 164 valence electrons. The van der Waals surface area contributed by atoms with Crippen LogP contribution in [-0.4, -0.2) is 52.9 Å². The monoisotopic (exact) mass is 420 g/mol. The second kappa shape index (κ2) is 8.69. The molecular formula is C25H32N4O2. The summed E-state index contributed by atoms with van der Waals surface area (Å²) in [7, 11) is 0. The van der Waals surface area contributed by atoms with Crippen molar-refractivity contribution in [1.29, 1.82) is 0 Å². The molecule has 1 aromatic carbocycles. The molecule has 0 saturated carbocycles. The van der Waals surface area contributed by atoms with Crippen molar-refractivity contribution < 1.29 is 9.59 Å². The number of likely N-dealkylation sites (tertiary alicyclic amines) is 2. The van der Waals surface area contributed by atoms with E-state index < -0.39 is 0 Å². The van der Waals surface area contributed by atoms with Crippen LogP contribution in [0.3, 0.4) is 0 Å². The summed E-state index contributed by atoms with van der Waals surface area (Å²) >= 11 is 0. The maximum atomic E-state index is 12.5. The van der Waals surface area contributed by atoms with Crippen molar-refractivity contribution in [2.24, 2.45) is 5.41 Å². The molecule has 31 heavy (non-hydrogen) atoms. The average Bonchev–Trinajstić information content (AvgIpc) is 3.17. The number of anilines is 1. The van der Waals surface area contributed by atoms with Crippen molar-refractivity contribution in [3.05, 3.63) is 59.9 Å². The maximum Gasteiger partial charge on any atom is 0.321 e. The van der Waals surface area contributed by atoms with Crippen LogP contribution in [0.5, 0.6) is 0 Å². The number of urea groups is 1. The van der Waals surface area contributed by atoms with Gasteiger partial charge in [0, 0.05) is 62.5 Å². The van der Waals surface area contributed by atoms with Crippen LogP contribution in [-0.2, 0) is 4.79 Å². The third-order valence-corrected chi connectivity index (χ3v) is 6.18. The highest BCUT2D eigenvalue weighted by atomic mass is 16.2. The molecule has 1 N–H and O–H groups in total. The Bertz CT molecular complexity index is 915. The molecule has 4 rings (SSSR count). The normalized spacial score (nSPS) is 19.3. The van der Waals surface area contributed by atoms with Crippen LogP contribution in [0.25, 0.3) is 0 Å². The van der Waals surface area contributed by atoms with Crippen molar-refractivity contribution in [1.82, 2.24) is 14.8 Å². The van der Waals surface area contributed by atoms with Crippen LogP contribution < -0.4 is 5.32 Å². The predicted molar refractivity (Wildman–Crippen MR) is 122 cm³/mol. The van der Waals surface area contributed by atoms with E-state index in [1.54, 1.807) is 6.20 Å². The zero-order valence-corrected chi connectivity index (χ0v) is 18.7. The van der Waals surface area contributed by atoms with Gasteiger partial charge in [0.25, 0.3) is 0 Å². The van der Waals surface area contributed by atoms with E-state index in [1.807, 2.05) is 34.2 Å². The van der Waals surface area contributed by atoms with Gasteiger partial charge in [-0.3, -0.25) is 9.78 Å². The van der Waals surface area contributed by atoms with E-state index in [0.717, 1.165) is 38.3 Å². The Balaban J connectivity index is 1.26. The SMILES string of the molecule is CC(C)(C)CC(=O)N1CCC(c2ccc(NC(=O)N3CC(c4cccnc4)C3)cc2)C1. The second-order valence-electron chi connectivity index (χ2n) is 10.0. The summed E-state index contributed by atoms with van der Waals surface area (Å²) in [5.41, 5.74) is 3.23. The first-order valence-electron chi connectivity index (χ1n) is 11.1. The Labute approximate surface area is 184 Å². The Kier molecular flexibility index (Phi) is 5.99. The highest BCUT2D eigenvalue weighted by Crippen LogP contribution is 2.31. The molecule has 0 spiro atoms. The van der Waals surface area contributed by atoms with Crippen LogP contribution in [0.4, 0.5) is 10.5 Å². The fraction of sp³-hybridized carbons (Fsp3) is 0.480. The van der Waals surface area contributed by atoms with Gasteiger partial charge in [-0.25, -0.2) is 4.79 Å². The van der Waals surface area contributed by atoms with Gasteiger partial charge in [-0.05, 0) is 41.2 Å². The lowest BCUT2D eigenvalue weighted by atomic mass is 9.91. The Morgan fingerprint density at radius 3 is 2.35 bits per heavy atom. The van der Waals surface area contributed by atoms with Crippen molar-refractivity contribution in [3.8, 4) is 0 Å². The molecule has 6 heteroatoms. The molecule has 3 heterocycles. The maximum absolute atomic E-state index is 12.5. The summed E-state index contributed by atoms with van der Waals surface area (Å²) in [4.78, 5) is 33.0. The number of hydrogen-bond donors (Lipinski definition) is 1. The molecule has 0 aliphatic carbocycles. The van der Waals surface area contributed by atoms with Gasteiger partial charge in [0.1, 0.15) is 0 Å². The number of benzene rings is 1. The van der Waals surface area contributed by atoms with Gasteiger partial charge in [0.05, 0.1) is 0 Å². The molecule has 2 aliphatic heterocycles. The fourth-order valence-corrected chi connectivity index (χ4v) is 4.34. The number of carbonyl (C=O) groups excluding carboxylic acids is 2. The summed E-state index contributed by atoms with van der Waals surface area (Å²) in [5.74, 6) is 0.982. The Hall–Kier alpha value is -2.89. The van der Waals surface area contributed by atoms with E-state index in [-0.39, 0.29) is 17.4 Å². The smallest absolute Gasteiger partial charge is 0.321 e. The minimum absolute atomic E-state index is 0.0173. The third-order valence-electron chi connectivity index (χ3n) is 6.18. The van der Waals surface area contributed by atoms with Crippen LogP contribution >= 0.6 is 0 Å². The molecule has 1 unspecified atom stereocenters. The van der Waals surface area contributed by atoms with Gasteiger partial charge in [-0.1, -0.05) is 39.0 Å². The largest absolute Gasteiger partial charge is 0.342 e. The van der Waals surface area contributed by atoms with Gasteiger partial charge >= 0.3 is 6.03 Å². The molecule has 0 bridgehead atoms. The molecule has 6 nitrogen and oxygen atoms in total. The van der Waals surface area contributed by atoms with E-state index in [9.17, 15) is 9.59 Å². The molecular weight excluding hydrogens is 388 g/mol. The van der Waals surface area contributed by atoms with Gasteiger partial charge in [-0.15, -0.1) is 0 Å². The van der Waals surface area contributed by atoms with Crippen molar-refractivity contribution in [3.63, 3.8) is 0 Å². The molecule has 2 saturated heterocycles. The summed E-state index contributed by atoms with van der Waals surface area (Å²) in [5, 5.41) is 2.99. The topological polar surface area (TPSA) is 65.5 Å². The van der Waals surface area contributed by atoms with E-state index >= 15 is 0 Å². The van der Waals surface area contributed by atoms with Gasteiger partial charge in [0.2, 0.25) is 5.91 Å². The van der Waals surface area contributed by atoms with Crippen molar-refractivity contribution in [2.45, 2.75) is 45.4 Å². The number of carbonyl (C=O) groups is 2. The molecule has 2 aromatic rings. The summed E-state index contributed by atoms with van der Waals surface area (Å²) in [6, 6.07) is 12.0. The highest BCUT2D eigenvalue weighted by molar-refractivity contribution is 5.90. The zero-order chi connectivity index (χ0) is 22.0. The number of aromatic nitrogens is 1. The number of amides is 3. The lowest BCUT2D eigenvalue weighted by Crippen LogP contribution is -2.50. The van der Waals surface area contributed by atoms with Crippen molar-refractivity contribution in [2.75, 3.05) is 31.5 Å². The van der Waals surface area contributed by atoms with Crippen LogP contribution in [0.1, 0.15) is 56.6 Å². The highest BCUT2D eigenvalue weighted by Gasteiger charge is 2.32. The average molecular weight is 421 g/mol. The van der Waals surface area contributed by atoms with E-state index in [2.05, 4.69) is 49.3 Å². The van der Waals surface area contributed by atoms with Crippen LogP contribution in [0, 0.1) is 5.41 Å². The lowest BCUT2D eigenvalue weighted by Gasteiger charge is -2.39. The number of nitrogens with zero attached hydrogens (tertiary/aromatic N) is 3. The van der Waals surface area contributed by atoms with Gasteiger partial charge in [0.15, 0.2) is 0 Å². The third kappa shape index (κ3) is 5.24. The summed E-state index contributed by atoms with van der Waals surface area (Å²) < 4.78 is 0. The van der Waals surface area contributed by atoms with Gasteiger partial charge < -0.3 is 15.1 Å². The minimum Gasteiger partial charge on any atom is -0.342 e. The molecule has 0 radical (unpaired) electrons. The minimum atomic E-state index is -0.0623. The molecule has 3 amide bonds. The molecule has 2 fully saturated rings. The van der Waals surface area contributed by atoms with E-state index in [0.29, 0.717) is 18.3 Å². The zero-order valence-electron chi connectivity index (χ0n) is 18.7. The molecule has 1 aromatic heterocycles. The number of rotatable bonds is 4. The number of pyridine rings is 1. The van der Waals surface area contributed by atoms with Crippen LogP contribution in [0.2, 0.25) is 0 Å². The Morgan fingerprint density at radius 1 is 1.00 bits per heavy atom. The first-order valence-corrected chi connectivity index (χ1v) is 11.1. The first kappa shape index (κ1) is 21.3. The van der Waals surface area contributed by atoms with E-state index in [1.165, 1.54) is 11.1 Å². The predicted octanol–water partition coefficient (Wildman–Crippen LogP) is 4.47. The fourth-order valence-electron chi connectivity index (χ4n) is 4.34. The molecule has 1 atom stereocenters. The summed E-state index contributed by atoms with van der Waals surface area (Å²) in [6.07, 6.45) is 5.22. The van der Waals surface area contributed by atoms with E-state index in [4.69, 9.17) is 0 Å². The standard InChI is InChI=1S/C25H32N4O2/c1-25(2,3)13-23(30)28-12-10-20(15-28)18-6-8-22(9-7-18)27-24(31)29-16-21(17-29)19-5-4-11-26-14-19/h4-9,11,14,20-21H,10,12-13,15-17H2,1-3H3,(H,27,31). The quantitative estimate of drug-likeness (QED) is 0.794. The molecule has 2 aliphatic rings.